The van der Waals surface area contributed by atoms with Crippen molar-refractivity contribution in [2.24, 2.45) is 10.7 Å². The van der Waals surface area contributed by atoms with E-state index in [2.05, 4.69) is 4.99 Å². The van der Waals surface area contributed by atoms with Crippen LogP contribution in [0, 0.1) is 0 Å². The highest BCUT2D eigenvalue weighted by atomic mass is 35.5. The van der Waals surface area contributed by atoms with E-state index in [4.69, 9.17) is 22.1 Å². The molecule has 128 valence electrons. The van der Waals surface area contributed by atoms with Gasteiger partial charge in [-0.05, 0) is 32.0 Å². The third kappa shape index (κ3) is 4.51. The molecule has 2 unspecified atom stereocenters. The van der Waals surface area contributed by atoms with Gasteiger partial charge in [-0.25, -0.2) is 4.99 Å². The number of amidine groups is 1. The van der Waals surface area contributed by atoms with Gasteiger partial charge in [0.15, 0.2) is 0 Å². The summed E-state index contributed by atoms with van der Waals surface area (Å²) < 4.78 is 44.5. The molecule has 0 aliphatic carbocycles. The molecule has 2 rings (SSSR count). The summed E-state index contributed by atoms with van der Waals surface area (Å²) in [5.41, 5.74) is 5.60. The Morgan fingerprint density at radius 3 is 2.48 bits per heavy atom. The zero-order valence-electron chi connectivity index (χ0n) is 12.9. The van der Waals surface area contributed by atoms with Crippen molar-refractivity contribution in [1.82, 2.24) is 0 Å². The summed E-state index contributed by atoms with van der Waals surface area (Å²) in [4.78, 5) is 6.01. The monoisotopic (exact) mass is 349 g/mol. The van der Waals surface area contributed by atoms with Gasteiger partial charge in [0.25, 0.3) is 0 Å². The highest BCUT2D eigenvalue weighted by Gasteiger charge is 2.32. The van der Waals surface area contributed by atoms with Crippen LogP contribution in [0.2, 0.25) is 0 Å². The first-order valence-electron chi connectivity index (χ1n) is 7.21. The molecule has 1 aromatic rings. The first-order valence-corrected chi connectivity index (χ1v) is 7.74. The molecule has 0 saturated carbocycles. The fraction of sp³-hybridized carbons (Fsp3) is 0.533. The van der Waals surface area contributed by atoms with Crippen LogP contribution in [0.3, 0.4) is 0 Å². The lowest BCUT2D eigenvalue weighted by Crippen LogP contribution is -2.45. The summed E-state index contributed by atoms with van der Waals surface area (Å²) in [6.45, 7) is 4.98. The number of hydrogen-bond acceptors (Lipinski definition) is 3. The molecule has 1 saturated heterocycles. The van der Waals surface area contributed by atoms with Crippen LogP contribution < -0.4 is 10.6 Å². The molecule has 23 heavy (non-hydrogen) atoms. The summed E-state index contributed by atoms with van der Waals surface area (Å²) in [5, 5.41) is 0. The van der Waals surface area contributed by atoms with Crippen molar-refractivity contribution < 1.29 is 17.9 Å². The largest absolute Gasteiger partial charge is 0.416 e. The predicted octanol–water partition coefficient (Wildman–Crippen LogP) is 3.55. The second-order valence-electron chi connectivity index (χ2n) is 5.60. The number of alkyl halides is 4. The molecule has 0 spiro atoms. The van der Waals surface area contributed by atoms with E-state index in [0.29, 0.717) is 18.8 Å². The standard InChI is InChI=1S/C15H19ClF3N3O/c1-9-7-22(8-10(2)23-9)13-4-3-11(15(17,18)19)5-12(13)21-14(20)6-16/h3-5,9-10H,6-8H2,1-2H3,(H2,20,21). The number of aliphatic imine (C=N–C) groups is 1. The lowest BCUT2D eigenvalue weighted by molar-refractivity contribution is -0.137. The van der Waals surface area contributed by atoms with Gasteiger partial charge in [0.1, 0.15) is 5.84 Å². The van der Waals surface area contributed by atoms with E-state index in [1.807, 2.05) is 18.7 Å². The van der Waals surface area contributed by atoms with Crippen molar-refractivity contribution in [3.05, 3.63) is 23.8 Å². The van der Waals surface area contributed by atoms with Crippen LogP contribution in [-0.4, -0.2) is 37.0 Å². The summed E-state index contributed by atoms with van der Waals surface area (Å²) in [6.07, 6.45) is -4.49. The number of anilines is 1. The zero-order chi connectivity index (χ0) is 17.2. The smallest absolute Gasteiger partial charge is 0.386 e. The number of ether oxygens (including phenoxy) is 1. The second-order valence-corrected chi connectivity index (χ2v) is 5.87. The van der Waals surface area contributed by atoms with E-state index in [-0.39, 0.29) is 29.6 Å². The predicted molar refractivity (Wildman–Crippen MR) is 85.7 cm³/mol. The van der Waals surface area contributed by atoms with Gasteiger partial charge in [-0.1, -0.05) is 0 Å². The fourth-order valence-corrected chi connectivity index (χ4v) is 2.68. The molecular formula is C15H19ClF3N3O. The highest BCUT2D eigenvalue weighted by Crippen LogP contribution is 2.37. The molecule has 1 aliphatic heterocycles. The van der Waals surface area contributed by atoms with Crippen LogP contribution >= 0.6 is 11.6 Å². The molecule has 4 nitrogen and oxygen atoms in total. The van der Waals surface area contributed by atoms with Gasteiger partial charge in [-0.2, -0.15) is 13.2 Å². The molecule has 1 aromatic carbocycles. The van der Waals surface area contributed by atoms with Gasteiger partial charge in [-0.3, -0.25) is 0 Å². The van der Waals surface area contributed by atoms with E-state index in [0.717, 1.165) is 12.1 Å². The molecule has 2 N–H and O–H groups in total. The van der Waals surface area contributed by atoms with Crippen LogP contribution in [0.5, 0.6) is 0 Å². The Hall–Kier alpha value is -1.47. The van der Waals surface area contributed by atoms with E-state index in [1.165, 1.54) is 6.07 Å². The summed E-state index contributed by atoms with van der Waals surface area (Å²) in [6, 6.07) is 3.48. The van der Waals surface area contributed by atoms with Gasteiger partial charge in [0, 0.05) is 13.1 Å². The highest BCUT2D eigenvalue weighted by molar-refractivity contribution is 6.28. The molecule has 2 atom stereocenters. The van der Waals surface area contributed by atoms with Crippen molar-refractivity contribution in [3.63, 3.8) is 0 Å². The number of benzene rings is 1. The second kappa shape index (κ2) is 6.97. The fourth-order valence-electron chi connectivity index (χ4n) is 2.62. The number of halogens is 4. The molecule has 0 aromatic heterocycles. The quantitative estimate of drug-likeness (QED) is 0.516. The van der Waals surface area contributed by atoms with E-state index in [9.17, 15) is 13.2 Å². The molecule has 0 radical (unpaired) electrons. The lowest BCUT2D eigenvalue weighted by Gasteiger charge is -2.37. The number of nitrogens with two attached hydrogens (primary N) is 1. The minimum absolute atomic E-state index is 0.0248. The average Bonchev–Trinajstić information content (AvgIpc) is 2.45. The van der Waals surface area contributed by atoms with Crippen molar-refractivity contribution >= 4 is 28.8 Å². The van der Waals surface area contributed by atoms with Gasteiger partial charge >= 0.3 is 6.18 Å². The Bertz CT molecular complexity index is 582. The van der Waals surface area contributed by atoms with Gasteiger partial charge < -0.3 is 15.4 Å². The molecule has 1 heterocycles. The maximum absolute atomic E-state index is 12.9. The minimum Gasteiger partial charge on any atom is -0.386 e. The van der Waals surface area contributed by atoms with E-state index < -0.39 is 11.7 Å². The Kier molecular flexibility index (Phi) is 5.41. The number of morpholine rings is 1. The molecule has 1 fully saturated rings. The van der Waals surface area contributed by atoms with Crippen LogP contribution in [0.15, 0.2) is 23.2 Å². The first kappa shape index (κ1) is 17.9. The van der Waals surface area contributed by atoms with Crippen LogP contribution in [0.4, 0.5) is 24.5 Å². The van der Waals surface area contributed by atoms with Crippen molar-refractivity contribution in [2.45, 2.75) is 32.2 Å². The first-order chi connectivity index (χ1) is 10.7. The van der Waals surface area contributed by atoms with Crippen molar-refractivity contribution in [1.29, 1.82) is 0 Å². The van der Waals surface area contributed by atoms with Crippen LogP contribution in [0.25, 0.3) is 0 Å². The Morgan fingerprint density at radius 1 is 1.35 bits per heavy atom. The topological polar surface area (TPSA) is 50.8 Å². The van der Waals surface area contributed by atoms with E-state index >= 15 is 0 Å². The SMILES string of the molecule is CC1CN(c2ccc(C(F)(F)F)cc2N=C(N)CCl)CC(C)O1. The average molecular weight is 350 g/mol. The van der Waals surface area contributed by atoms with Crippen LogP contribution in [-0.2, 0) is 10.9 Å². The lowest BCUT2D eigenvalue weighted by atomic mass is 10.1. The summed E-state index contributed by atoms with van der Waals surface area (Å²) in [5.74, 6) is 0.0209. The summed E-state index contributed by atoms with van der Waals surface area (Å²) >= 11 is 5.60. The van der Waals surface area contributed by atoms with Crippen molar-refractivity contribution in [2.75, 3.05) is 23.9 Å². The van der Waals surface area contributed by atoms with Crippen molar-refractivity contribution in [3.8, 4) is 0 Å². The Balaban J connectivity index is 2.45. The normalized spacial score (nSPS) is 23.2. The zero-order valence-corrected chi connectivity index (χ0v) is 13.7. The minimum atomic E-state index is -4.44. The Labute approximate surface area is 138 Å². The Morgan fingerprint density at radius 2 is 1.96 bits per heavy atom. The molecule has 0 bridgehead atoms. The summed E-state index contributed by atoms with van der Waals surface area (Å²) in [7, 11) is 0. The van der Waals surface area contributed by atoms with Crippen LogP contribution in [0.1, 0.15) is 19.4 Å². The number of rotatable bonds is 3. The van der Waals surface area contributed by atoms with E-state index in [1.54, 1.807) is 0 Å². The third-order valence-corrected chi connectivity index (χ3v) is 3.74. The van der Waals surface area contributed by atoms with Gasteiger partial charge in [-0.15, -0.1) is 11.6 Å². The maximum Gasteiger partial charge on any atom is 0.416 e. The molecule has 1 aliphatic rings. The molecule has 8 heteroatoms. The third-order valence-electron chi connectivity index (χ3n) is 3.46. The maximum atomic E-state index is 12.9. The number of hydrogen-bond donors (Lipinski definition) is 1. The molecule has 0 amide bonds. The number of nitrogens with zero attached hydrogens (tertiary/aromatic N) is 2. The van der Waals surface area contributed by atoms with Gasteiger partial charge in [0.05, 0.1) is 35.0 Å². The molecular weight excluding hydrogens is 331 g/mol. The van der Waals surface area contributed by atoms with Gasteiger partial charge in [0.2, 0.25) is 0 Å².